The first kappa shape index (κ1) is 13.1. The van der Waals surface area contributed by atoms with Crippen molar-refractivity contribution >= 4 is 5.78 Å². The van der Waals surface area contributed by atoms with Gasteiger partial charge in [-0.3, -0.25) is 4.79 Å². The zero-order valence-corrected chi connectivity index (χ0v) is 9.86. The molecule has 0 radical (unpaired) electrons. The second-order valence-corrected chi connectivity index (χ2v) is 3.91. The quantitative estimate of drug-likeness (QED) is 0.535. The van der Waals surface area contributed by atoms with E-state index < -0.39 is 0 Å². The van der Waals surface area contributed by atoms with Crippen molar-refractivity contribution in [1.82, 2.24) is 0 Å². The maximum Gasteiger partial charge on any atom is 0.166 e. The molecule has 1 heteroatoms. The highest BCUT2D eigenvalue weighted by Gasteiger charge is 2.18. The second kappa shape index (κ2) is 7.31. The van der Waals surface area contributed by atoms with E-state index in [1.54, 1.807) is 0 Å². The van der Waals surface area contributed by atoms with E-state index >= 15 is 0 Å². The summed E-state index contributed by atoms with van der Waals surface area (Å²) in [6, 6.07) is 9.30. The molecule has 0 saturated carbocycles. The van der Waals surface area contributed by atoms with Crippen LogP contribution in [-0.2, 0) is 0 Å². The largest absolute Gasteiger partial charge is 0.294 e. The lowest BCUT2D eigenvalue weighted by atomic mass is 9.89. The number of carbonyl (C=O) groups excluding carboxylic acids is 1. The second-order valence-electron chi connectivity index (χ2n) is 3.91. The SMILES string of the molecule is C#CCCC(CCC#C)C(=O)c1ccccc1. The minimum absolute atomic E-state index is 0.0514. The van der Waals surface area contributed by atoms with E-state index in [1.807, 2.05) is 30.3 Å². The Bertz CT molecular complexity index is 413. The van der Waals surface area contributed by atoms with Crippen LogP contribution in [0.3, 0.4) is 0 Å². The van der Waals surface area contributed by atoms with Crippen molar-refractivity contribution in [3.8, 4) is 24.7 Å². The van der Waals surface area contributed by atoms with Crippen LogP contribution in [0.15, 0.2) is 30.3 Å². The molecule has 0 unspecified atom stereocenters. The van der Waals surface area contributed by atoms with Gasteiger partial charge in [0.1, 0.15) is 0 Å². The van der Waals surface area contributed by atoms with Gasteiger partial charge in [0.15, 0.2) is 5.78 Å². The van der Waals surface area contributed by atoms with Crippen molar-refractivity contribution in [3.63, 3.8) is 0 Å². The molecule has 0 saturated heterocycles. The lowest BCUT2D eigenvalue weighted by Crippen LogP contribution is -2.14. The summed E-state index contributed by atoms with van der Waals surface area (Å²) in [4.78, 5) is 12.2. The molecule has 0 aliphatic carbocycles. The monoisotopic (exact) mass is 224 g/mol. The molecular weight excluding hydrogens is 208 g/mol. The Morgan fingerprint density at radius 2 is 1.59 bits per heavy atom. The molecular formula is C16H16O. The molecule has 0 heterocycles. The van der Waals surface area contributed by atoms with Crippen LogP contribution in [0.2, 0.25) is 0 Å². The van der Waals surface area contributed by atoms with Crippen molar-refractivity contribution in [2.45, 2.75) is 25.7 Å². The Morgan fingerprint density at radius 3 is 2.06 bits per heavy atom. The molecule has 0 N–H and O–H groups in total. The predicted molar refractivity (Wildman–Crippen MR) is 70.4 cm³/mol. The number of ketones is 1. The maximum atomic E-state index is 12.2. The third-order valence-corrected chi connectivity index (χ3v) is 2.70. The Labute approximate surface area is 103 Å². The van der Waals surface area contributed by atoms with Crippen LogP contribution in [0.1, 0.15) is 36.0 Å². The Balaban J connectivity index is 2.73. The van der Waals surface area contributed by atoms with E-state index in [2.05, 4.69) is 11.8 Å². The molecule has 0 bridgehead atoms. The van der Waals surface area contributed by atoms with Gasteiger partial charge in [0.2, 0.25) is 0 Å². The summed E-state index contributed by atoms with van der Waals surface area (Å²) in [6.07, 6.45) is 13.2. The van der Waals surface area contributed by atoms with Crippen LogP contribution < -0.4 is 0 Å². The summed E-state index contributed by atoms with van der Waals surface area (Å²) < 4.78 is 0. The third kappa shape index (κ3) is 4.17. The van der Waals surface area contributed by atoms with Crippen molar-refractivity contribution in [2.75, 3.05) is 0 Å². The number of carbonyl (C=O) groups is 1. The first-order valence-corrected chi connectivity index (χ1v) is 5.75. The molecule has 1 rings (SSSR count). The van der Waals surface area contributed by atoms with E-state index in [4.69, 9.17) is 12.8 Å². The van der Waals surface area contributed by atoms with Crippen LogP contribution >= 0.6 is 0 Å². The van der Waals surface area contributed by atoms with Gasteiger partial charge in [0.25, 0.3) is 0 Å². The van der Waals surface area contributed by atoms with Crippen LogP contribution in [0.5, 0.6) is 0 Å². The highest BCUT2D eigenvalue weighted by Crippen LogP contribution is 2.19. The summed E-state index contributed by atoms with van der Waals surface area (Å²) in [5.41, 5.74) is 0.742. The molecule has 0 aliphatic heterocycles. The van der Waals surface area contributed by atoms with Gasteiger partial charge in [-0.15, -0.1) is 24.7 Å². The van der Waals surface area contributed by atoms with Gasteiger partial charge < -0.3 is 0 Å². The minimum atomic E-state index is -0.0514. The van der Waals surface area contributed by atoms with Crippen LogP contribution in [0.4, 0.5) is 0 Å². The number of benzene rings is 1. The maximum absolute atomic E-state index is 12.2. The first-order chi connectivity index (χ1) is 8.29. The summed E-state index contributed by atoms with van der Waals surface area (Å²) >= 11 is 0. The Kier molecular flexibility index (Phi) is 5.62. The van der Waals surface area contributed by atoms with Gasteiger partial charge in [0.05, 0.1) is 0 Å². The van der Waals surface area contributed by atoms with E-state index in [0.717, 1.165) is 5.56 Å². The lowest BCUT2D eigenvalue weighted by Gasteiger charge is -2.13. The van der Waals surface area contributed by atoms with E-state index in [9.17, 15) is 4.79 Å². The number of terminal acetylenes is 2. The summed E-state index contributed by atoms with van der Waals surface area (Å²) in [5, 5.41) is 0. The zero-order valence-electron chi connectivity index (χ0n) is 9.86. The minimum Gasteiger partial charge on any atom is -0.294 e. The molecule has 1 aromatic rings. The van der Waals surface area contributed by atoms with E-state index in [-0.39, 0.29) is 11.7 Å². The fraction of sp³-hybridized carbons (Fsp3) is 0.312. The Morgan fingerprint density at radius 1 is 1.06 bits per heavy atom. The van der Waals surface area contributed by atoms with Crippen molar-refractivity contribution in [1.29, 1.82) is 0 Å². The van der Waals surface area contributed by atoms with Crippen LogP contribution in [-0.4, -0.2) is 5.78 Å². The van der Waals surface area contributed by atoms with Gasteiger partial charge in [0, 0.05) is 24.3 Å². The average molecular weight is 224 g/mol. The molecule has 0 aliphatic rings. The van der Waals surface area contributed by atoms with Gasteiger partial charge in [-0.25, -0.2) is 0 Å². The van der Waals surface area contributed by atoms with Crippen molar-refractivity contribution in [3.05, 3.63) is 35.9 Å². The topological polar surface area (TPSA) is 17.1 Å². The summed E-state index contributed by atoms with van der Waals surface area (Å²) in [6.45, 7) is 0. The number of Topliss-reactive ketones (excluding diaryl/α,β-unsaturated/α-hetero) is 1. The molecule has 0 amide bonds. The van der Waals surface area contributed by atoms with Crippen LogP contribution in [0, 0.1) is 30.6 Å². The molecule has 0 spiro atoms. The zero-order chi connectivity index (χ0) is 12.5. The molecule has 0 fully saturated rings. The smallest absolute Gasteiger partial charge is 0.166 e. The molecule has 0 atom stereocenters. The third-order valence-electron chi connectivity index (χ3n) is 2.70. The number of hydrogen-bond donors (Lipinski definition) is 0. The normalized spacial score (nSPS) is 9.59. The molecule has 86 valence electrons. The Hall–Kier alpha value is -1.99. The molecule has 1 nitrogen and oxygen atoms in total. The summed E-state index contributed by atoms with van der Waals surface area (Å²) in [7, 11) is 0. The van der Waals surface area contributed by atoms with Crippen molar-refractivity contribution < 1.29 is 4.79 Å². The van der Waals surface area contributed by atoms with Gasteiger partial charge in [-0.2, -0.15) is 0 Å². The van der Waals surface area contributed by atoms with Gasteiger partial charge in [-0.05, 0) is 12.8 Å². The van der Waals surface area contributed by atoms with Crippen molar-refractivity contribution in [2.24, 2.45) is 5.92 Å². The van der Waals surface area contributed by atoms with Crippen LogP contribution in [0.25, 0.3) is 0 Å². The predicted octanol–water partition coefficient (Wildman–Crippen LogP) is 3.31. The van der Waals surface area contributed by atoms with E-state index in [1.165, 1.54) is 0 Å². The fourth-order valence-corrected chi connectivity index (χ4v) is 1.76. The average Bonchev–Trinajstić information content (AvgIpc) is 2.39. The lowest BCUT2D eigenvalue weighted by molar-refractivity contribution is 0.0908. The van der Waals surface area contributed by atoms with Gasteiger partial charge in [-0.1, -0.05) is 30.3 Å². The first-order valence-electron chi connectivity index (χ1n) is 5.75. The standard InChI is InChI=1S/C16H16O/c1-3-5-10-14(11-6-4-2)16(17)15-12-8-7-9-13-15/h1-2,7-9,12-14H,5-6,10-11H2. The molecule has 0 aromatic heterocycles. The highest BCUT2D eigenvalue weighted by molar-refractivity contribution is 5.97. The number of hydrogen-bond acceptors (Lipinski definition) is 1. The fourth-order valence-electron chi connectivity index (χ4n) is 1.76. The summed E-state index contributed by atoms with van der Waals surface area (Å²) in [5.74, 6) is 5.25. The molecule has 1 aromatic carbocycles. The molecule has 17 heavy (non-hydrogen) atoms. The number of rotatable bonds is 6. The van der Waals surface area contributed by atoms with E-state index in [0.29, 0.717) is 25.7 Å². The van der Waals surface area contributed by atoms with Gasteiger partial charge >= 0.3 is 0 Å². The highest BCUT2D eigenvalue weighted by atomic mass is 16.1.